The second-order valence-electron chi connectivity index (χ2n) is 12.9. The fourth-order valence-electron chi connectivity index (χ4n) is 6.93. The van der Waals surface area contributed by atoms with E-state index in [-0.39, 0.29) is 56.7 Å². The molecular formula is C32H29Cl2F2N5O4S. The molecule has 3 aliphatic heterocycles. The zero-order valence-electron chi connectivity index (χ0n) is 25.2. The van der Waals surface area contributed by atoms with Crippen molar-refractivity contribution in [2.75, 3.05) is 25.0 Å². The Balaban J connectivity index is 1.36. The van der Waals surface area contributed by atoms with E-state index in [0.717, 1.165) is 36.3 Å². The summed E-state index contributed by atoms with van der Waals surface area (Å²) in [6.45, 7) is 6.96. The molecule has 0 spiro atoms. The first-order valence-electron chi connectivity index (χ1n) is 14.8. The minimum Gasteiger partial charge on any atom is -0.461 e. The number of carbonyl (C=O) groups excluding carboxylic acids is 1. The summed E-state index contributed by atoms with van der Waals surface area (Å²) in [6.07, 6.45) is 0.488. The van der Waals surface area contributed by atoms with Gasteiger partial charge in [-0.15, -0.1) is 11.3 Å². The molecule has 4 aromatic rings. The lowest BCUT2D eigenvalue weighted by atomic mass is 9.91. The summed E-state index contributed by atoms with van der Waals surface area (Å²) in [5.41, 5.74) is 1.58. The van der Waals surface area contributed by atoms with E-state index in [0.29, 0.717) is 40.6 Å². The number of thiophene rings is 1. The van der Waals surface area contributed by atoms with Gasteiger partial charge in [-0.1, -0.05) is 29.3 Å². The highest BCUT2D eigenvalue weighted by Gasteiger charge is 2.49. The summed E-state index contributed by atoms with van der Waals surface area (Å²) in [5, 5.41) is 14.1. The Bertz CT molecular complexity index is 1980. The van der Waals surface area contributed by atoms with Gasteiger partial charge < -0.3 is 14.2 Å². The minimum absolute atomic E-state index is 0.00842. The zero-order valence-corrected chi connectivity index (χ0v) is 27.6. The average molecular weight is 689 g/mol. The van der Waals surface area contributed by atoms with Crippen LogP contribution < -0.4 is 10.1 Å². The topological polar surface area (TPSA) is 110 Å². The molecule has 2 atom stereocenters. The average Bonchev–Trinajstić information content (AvgIpc) is 3.74. The number of nitrogens with zero attached hydrogens (tertiary/aromatic N) is 4. The van der Waals surface area contributed by atoms with Crippen molar-refractivity contribution in [3.8, 4) is 23.2 Å². The maximum atomic E-state index is 15.3. The molecule has 240 valence electrons. The van der Waals surface area contributed by atoms with Crippen molar-refractivity contribution in [3.05, 3.63) is 44.8 Å². The molecule has 7 rings (SSSR count). The number of hydrogen-bond acceptors (Lipinski definition) is 9. The summed E-state index contributed by atoms with van der Waals surface area (Å²) in [5.74, 6) is -0.564. The zero-order chi connectivity index (χ0) is 32.5. The van der Waals surface area contributed by atoms with Crippen LogP contribution in [-0.2, 0) is 22.7 Å². The van der Waals surface area contributed by atoms with Gasteiger partial charge in [-0.2, -0.15) is 15.2 Å². The highest BCUT2D eigenvalue weighted by Crippen LogP contribution is 2.50. The number of rotatable bonds is 5. The SMILES string of the molecule is CC(C)(C)OC(=O)Nc1sc2c(F)ccc(-c3c4c(c5c(Cl)nc(OC[C@@]67CCCN6C[C@H](F)C7)nc5c3Cl)COC4)c2c1C#N. The molecule has 14 heteroatoms. The highest BCUT2D eigenvalue weighted by atomic mass is 35.5. The van der Waals surface area contributed by atoms with E-state index in [9.17, 15) is 14.4 Å². The van der Waals surface area contributed by atoms with E-state index in [1.165, 1.54) is 6.07 Å². The number of halogens is 4. The predicted molar refractivity (Wildman–Crippen MR) is 172 cm³/mol. The van der Waals surface area contributed by atoms with Crippen LogP contribution in [0.25, 0.3) is 32.1 Å². The molecule has 2 aromatic heterocycles. The van der Waals surface area contributed by atoms with Crippen LogP contribution in [0.5, 0.6) is 6.01 Å². The van der Waals surface area contributed by atoms with Crippen LogP contribution in [0, 0.1) is 17.1 Å². The van der Waals surface area contributed by atoms with Crippen molar-refractivity contribution in [3.63, 3.8) is 0 Å². The minimum atomic E-state index is -0.910. The number of nitrogens with one attached hydrogen (secondary N) is 1. The highest BCUT2D eigenvalue weighted by molar-refractivity contribution is 7.23. The van der Waals surface area contributed by atoms with Gasteiger partial charge in [0.05, 0.1) is 39.6 Å². The Morgan fingerprint density at radius 2 is 2.04 bits per heavy atom. The van der Waals surface area contributed by atoms with Gasteiger partial charge >= 0.3 is 12.1 Å². The van der Waals surface area contributed by atoms with E-state index in [4.69, 9.17) is 37.4 Å². The Morgan fingerprint density at radius 3 is 2.80 bits per heavy atom. The molecule has 5 heterocycles. The first kappa shape index (κ1) is 31.3. The summed E-state index contributed by atoms with van der Waals surface area (Å²) in [7, 11) is 0. The Labute approximate surface area is 277 Å². The number of aromatic nitrogens is 2. The van der Waals surface area contributed by atoms with Crippen LogP contribution in [0.3, 0.4) is 0 Å². The van der Waals surface area contributed by atoms with Gasteiger partial charge in [0.15, 0.2) is 0 Å². The van der Waals surface area contributed by atoms with Gasteiger partial charge in [0.25, 0.3) is 0 Å². The van der Waals surface area contributed by atoms with E-state index in [1.807, 2.05) is 0 Å². The Kier molecular flexibility index (Phi) is 7.76. The van der Waals surface area contributed by atoms with Gasteiger partial charge in [0, 0.05) is 29.3 Å². The van der Waals surface area contributed by atoms with Crippen LogP contribution in [0.2, 0.25) is 10.2 Å². The summed E-state index contributed by atoms with van der Waals surface area (Å²) in [6, 6.07) is 4.99. The van der Waals surface area contributed by atoms with Crippen molar-refractivity contribution in [1.29, 1.82) is 5.26 Å². The molecule has 46 heavy (non-hydrogen) atoms. The van der Waals surface area contributed by atoms with Gasteiger partial charge in [-0.25, -0.2) is 13.6 Å². The van der Waals surface area contributed by atoms with Crippen LogP contribution >= 0.6 is 34.5 Å². The number of carbonyl (C=O) groups is 1. The second-order valence-corrected chi connectivity index (χ2v) is 14.6. The fourth-order valence-corrected chi connectivity index (χ4v) is 8.63. The second kappa shape index (κ2) is 11.4. The van der Waals surface area contributed by atoms with Crippen LogP contribution in [0.1, 0.15) is 56.7 Å². The van der Waals surface area contributed by atoms with Crippen LogP contribution in [0.4, 0.5) is 18.6 Å². The molecule has 2 saturated heterocycles. The summed E-state index contributed by atoms with van der Waals surface area (Å²) >= 11 is 14.8. The Hall–Kier alpha value is -3.34. The molecule has 0 bridgehead atoms. The molecular weight excluding hydrogens is 659 g/mol. The number of ether oxygens (including phenoxy) is 3. The van der Waals surface area contributed by atoms with Crippen molar-refractivity contribution in [1.82, 2.24) is 14.9 Å². The van der Waals surface area contributed by atoms with Gasteiger partial charge in [-0.05, 0) is 62.9 Å². The third kappa shape index (κ3) is 5.22. The van der Waals surface area contributed by atoms with Gasteiger partial charge in [0.1, 0.15) is 40.4 Å². The van der Waals surface area contributed by atoms with Gasteiger partial charge in [-0.3, -0.25) is 10.2 Å². The lowest BCUT2D eigenvalue weighted by Crippen LogP contribution is -2.43. The lowest BCUT2D eigenvalue weighted by molar-refractivity contribution is 0.0636. The molecule has 9 nitrogen and oxygen atoms in total. The molecule has 0 unspecified atom stereocenters. The van der Waals surface area contributed by atoms with Gasteiger partial charge in [0.2, 0.25) is 0 Å². The molecule has 0 aliphatic carbocycles. The maximum Gasteiger partial charge on any atom is 0.412 e. The van der Waals surface area contributed by atoms with E-state index in [2.05, 4.69) is 26.3 Å². The smallest absolute Gasteiger partial charge is 0.412 e. The lowest BCUT2D eigenvalue weighted by Gasteiger charge is -2.30. The molecule has 2 fully saturated rings. The van der Waals surface area contributed by atoms with E-state index in [1.54, 1.807) is 26.8 Å². The summed E-state index contributed by atoms with van der Waals surface area (Å²) in [4.78, 5) is 23.9. The van der Waals surface area contributed by atoms with Crippen LogP contribution in [-0.4, -0.2) is 58.0 Å². The van der Waals surface area contributed by atoms with Crippen LogP contribution in [0.15, 0.2) is 12.1 Å². The van der Waals surface area contributed by atoms with Crippen molar-refractivity contribution < 1.29 is 27.8 Å². The largest absolute Gasteiger partial charge is 0.461 e. The number of hydrogen-bond donors (Lipinski definition) is 1. The molecule has 1 N–H and O–H groups in total. The summed E-state index contributed by atoms with van der Waals surface area (Å²) < 4.78 is 47.1. The number of fused-ring (bicyclic) bond motifs is 5. The Morgan fingerprint density at radius 1 is 1.26 bits per heavy atom. The van der Waals surface area contributed by atoms with Crippen molar-refractivity contribution >= 4 is 66.6 Å². The van der Waals surface area contributed by atoms with Crippen molar-refractivity contribution in [2.45, 2.75) is 70.6 Å². The molecule has 3 aliphatic rings. The molecule has 0 saturated carbocycles. The fraction of sp³-hybridized carbons (Fsp3) is 0.438. The maximum absolute atomic E-state index is 15.3. The van der Waals surface area contributed by atoms with E-state index < -0.39 is 29.2 Å². The number of anilines is 1. The first-order chi connectivity index (χ1) is 21.9. The normalized spacial score (nSPS) is 21.0. The third-order valence-electron chi connectivity index (χ3n) is 8.75. The van der Waals surface area contributed by atoms with Crippen molar-refractivity contribution in [2.24, 2.45) is 0 Å². The quantitative estimate of drug-likeness (QED) is 0.209. The molecule has 1 amide bonds. The number of benzene rings is 2. The predicted octanol–water partition coefficient (Wildman–Crippen LogP) is 8.16. The third-order valence-corrected chi connectivity index (χ3v) is 10.5. The number of nitriles is 1. The van der Waals surface area contributed by atoms with E-state index >= 15 is 4.39 Å². The first-order valence-corrected chi connectivity index (χ1v) is 16.4. The molecule has 0 radical (unpaired) electrons. The molecule has 2 aromatic carbocycles. The standard InChI is InChI=1S/C32H29Cl2F2N5O4S/c1-31(2,3)45-30(42)40-28-17(10-37)22-16(5-6-20(36)26(22)46-28)21-18-12-43-13-19(18)23-25(24(21)33)38-29(39-27(23)34)44-14-32-7-4-8-41(32)11-15(35)9-32/h5-6,15H,4,7-9,11-14H2,1-3H3,(H,40,42)/t15-,32+/m1/s1. The monoisotopic (exact) mass is 687 g/mol. The number of amides is 1. The number of alkyl halides is 1.